The van der Waals surface area contributed by atoms with Gasteiger partial charge in [-0.15, -0.1) is 0 Å². The third kappa shape index (κ3) is 2.69. The second kappa shape index (κ2) is 5.57. The Morgan fingerprint density at radius 1 is 1.56 bits per heavy atom. The highest BCUT2D eigenvalue weighted by Crippen LogP contribution is 2.29. The Hall–Kier alpha value is -0.620. The Bertz CT molecular complexity index is 408. The van der Waals surface area contributed by atoms with E-state index in [4.69, 9.17) is 16.3 Å². The van der Waals surface area contributed by atoms with Gasteiger partial charge in [-0.25, -0.2) is 0 Å². The predicted molar refractivity (Wildman–Crippen MR) is 69.8 cm³/mol. The first-order valence-corrected chi connectivity index (χ1v) is 6.59. The molecule has 18 heavy (non-hydrogen) atoms. The zero-order chi connectivity index (χ0) is 13.3. The molecule has 2 atom stereocenters. The van der Waals surface area contributed by atoms with Gasteiger partial charge in [0, 0.05) is 19.1 Å². The van der Waals surface area contributed by atoms with E-state index in [-0.39, 0.29) is 12.1 Å². The van der Waals surface area contributed by atoms with Gasteiger partial charge in [0.2, 0.25) is 0 Å². The number of aromatic nitrogens is 2. The summed E-state index contributed by atoms with van der Waals surface area (Å²) in [5.41, 5.74) is 0.645. The summed E-state index contributed by atoms with van der Waals surface area (Å²) in [7, 11) is 2.02. The Kier molecular flexibility index (Phi) is 4.27. The Morgan fingerprint density at radius 2 is 2.28 bits per heavy atom. The van der Waals surface area contributed by atoms with Crippen LogP contribution in [0.5, 0.6) is 0 Å². The molecule has 2 rings (SSSR count). The van der Waals surface area contributed by atoms with E-state index in [9.17, 15) is 5.11 Å². The summed E-state index contributed by atoms with van der Waals surface area (Å²) in [4.78, 5) is 2.14. The summed E-state index contributed by atoms with van der Waals surface area (Å²) in [5.74, 6) is 0. The number of hydrogen-bond acceptors (Lipinski definition) is 4. The molecule has 1 fully saturated rings. The number of likely N-dealkylation sites (N-methyl/N-ethyl adjacent to an activating group) is 1. The molecule has 0 aromatic carbocycles. The molecule has 102 valence electrons. The third-order valence-electron chi connectivity index (χ3n) is 3.21. The lowest BCUT2D eigenvalue weighted by molar-refractivity contribution is -0.0870. The van der Waals surface area contributed by atoms with Crippen molar-refractivity contribution in [3.8, 4) is 0 Å². The third-order valence-corrected chi connectivity index (χ3v) is 3.50. The van der Waals surface area contributed by atoms with E-state index in [0.29, 0.717) is 23.9 Å². The molecule has 1 aliphatic heterocycles. The zero-order valence-corrected chi connectivity index (χ0v) is 11.8. The minimum Gasteiger partial charge on any atom is -0.384 e. The number of rotatable bonds is 3. The van der Waals surface area contributed by atoms with Crippen molar-refractivity contribution >= 4 is 11.6 Å². The van der Waals surface area contributed by atoms with Crippen molar-refractivity contribution in [2.75, 3.05) is 26.7 Å². The standard InChI is InChI=1S/C12H20ClN3O2/c1-8(2)16-11(9(13)6-14-16)12(17)10-7-15(3)4-5-18-10/h6,8,10,12,17H,4-5,7H2,1-3H3. The molecule has 0 amide bonds. The molecule has 1 aromatic heterocycles. The largest absolute Gasteiger partial charge is 0.384 e. The smallest absolute Gasteiger partial charge is 0.124 e. The fourth-order valence-electron chi connectivity index (χ4n) is 2.22. The van der Waals surface area contributed by atoms with Crippen LogP contribution in [0.2, 0.25) is 5.02 Å². The highest BCUT2D eigenvalue weighted by atomic mass is 35.5. The van der Waals surface area contributed by atoms with Gasteiger partial charge in [-0.05, 0) is 20.9 Å². The molecule has 1 N–H and O–H groups in total. The quantitative estimate of drug-likeness (QED) is 0.906. The van der Waals surface area contributed by atoms with Crippen LogP contribution >= 0.6 is 11.6 Å². The fourth-order valence-corrected chi connectivity index (χ4v) is 2.46. The Labute approximate surface area is 112 Å². The normalized spacial score (nSPS) is 23.6. The van der Waals surface area contributed by atoms with Gasteiger partial charge in [-0.2, -0.15) is 5.10 Å². The molecular weight excluding hydrogens is 254 g/mol. The minimum atomic E-state index is -0.745. The molecule has 1 aliphatic rings. The molecule has 6 heteroatoms. The summed E-state index contributed by atoms with van der Waals surface area (Å²) < 4.78 is 7.39. The van der Waals surface area contributed by atoms with E-state index >= 15 is 0 Å². The van der Waals surface area contributed by atoms with E-state index in [2.05, 4.69) is 10.00 Å². The van der Waals surface area contributed by atoms with Crippen LogP contribution in [-0.2, 0) is 4.74 Å². The maximum atomic E-state index is 10.5. The van der Waals surface area contributed by atoms with Gasteiger partial charge in [0.05, 0.1) is 23.5 Å². The summed E-state index contributed by atoms with van der Waals surface area (Å²) in [6, 6.07) is 0.156. The monoisotopic (exact) mass is 273 g/mol. The molecule has 0 bridgehead atoms. The number of aliphatic hydroxyl groups excluding tert-OH is 1. The van der Waals surface area contributed by atoms with Crippen molar-refractivity contribution in [2.24, 2.45) is 0 Å². The Balaban J connectivity index is 2.22. The average molecular weight is 274 g/mol. The lowest BCUT2D eigenvalue weighted by atomic mass is 10.1. The first kappa shape index (κ1) is 13.8. The van der Waals surface area contributed by atoms with Gasteiger partial charge in [0.15, 0.2) is 0 Å². The Morgan fingerprint density at radius 3 is 2.89 bits per heavy atom. The van der Waals surface area contributed by atoms with E-state index in [1.54, 1.807) is 10.9 Å². The van der Waals surface area contributed by atoms with Crippen LogP contribution in [0.25, 0.3) is 0 Å². The number of nitrogens with zero attached hydrogens (tertiary/aromatic N) is 3. The molecule has 1 saturated heterocycles. The number of hydrogen-bond donors (Lipinski definition) is 1. The summed E-state index contributed by atoms with van der Waals surface area (Å²) >= 11 is 6.13. The van der Waals surface area contributed by atoms with Crippen molar-refractivity contribution in [1.82, 2.24) is 14.7 Å². The van der Waals surface area contributed by atoms with Crippen LogP contribution in [0.3, 0.4) is 0 Å². The summed E-state index contributed by atoms with van der Waals surface area (Å²) in [5, 5.41) is 15.2. The number of ether oxygens (including phenoxy) is 1. The highest BCUT2D eigenvalue weighted by molar-refractivity contribution is 6.31. The van der Waals surface area contributed by atoms with Gasteiger partial charge in [-0.1, -0.05) is 11.6 Å². The first-order chi connectivity index (χ1) is 8.50. The molecule has 2 heterocycles. The number of aliphatic hydroxyl groups is 1. The van der Waals surface area contributed by atoms with Crippen LogP contribution in [0.4, 0.5) is 0 Å². The second-order valence-corrected chi connectivity index (χ2v) is 5.44. The second-order valence-electron chi connectivity index (χ2n) is 5.03. The molecule has 2 unspecified atom stereocenters. The number of morpholine rings is 1. The molecule has 0 saturated carbocycles. The van der Waals surface area contributed by atoms with E-state index < -0.39 is 6.10 Å². The van der Waals surface area contributed by atoms with Gasteiger partial charge in [-0.3, -0.25) is 4.68 Å². The molecule has 1 aromatic rings. The van der Waals surface area contributed by atoms with Crippen LogP contribution in [-0.4, -0.2) is 52.6 Å². The molecule has 5 nitrogen and oxygen atoms in total. The topological polar surface area (TPSA) is 50.5 Å². The fraction of sp³-hybridized carbons (Fsp3) is 0.750. The average Bonchev–Trinajstić information content (AvgIpc) is 2.70. The molecule has 0 aliphatic carbocycles. The van der Waals surface area contributed by atoms with Gasteiger partial charge in [0.1, 0.15) is 12.2 Å². The summed E-state index contributed by atoms with van der Waals surface area (Å²) in [6.07, 6.45) is 0.577. The first-order valence-electron chi connectivity index (χ1n) is 6.21. The minimum absolute atomic E-state index is 0.156. The van der Waals surface area contributed by atoms with Gasteiger partial charge >= 0.3 is 0 Å². The maximum absolute atomic E-state index is 10.5. The molecule has 0 radical (unpaired) electrons. The highest BCUT2D eigenvalue weighted by Gasteiger charge is 2.31. The van der Waals surface area contributed by atoms with E-state index in [1.165, 1.54) is 0 Å². The van der Waals surface area contributed by atoms with Crippen LogP contribution in [0, 0.1) is 0 Å². The number of halogens is 1. The SMILES string of the molecule is CC(C)n1ncc(Cl)c1C(O)C1CN(C)CCO1. The zero-order valence-electron chi connectivity index (χ0n) is 11.0. The molecular formula is C12H20ClN3O2. The molecule has 0 spiro atoms. The van der Waals surface area contributed by atoms with Crippen molar-refractivity contribution in [3.05, 3.63) is 16.9 Å². The lowest BCUT2D eigenvalue weighted by Crippen LogP contribution is -2.43. The van der Waals surface area contributed by atoms with Crippen molar-refractivity contribution in [3.63, 3.8) is 0 Å². The summed E-state index contributed by atoms with van der Waals surface area (Å²) in [6.45, 7) is 6.23. The van der Waals surface area contributed by atoms with Crippen molar-refractivity contribution in [1.29, 1.82) is 0 Å². The van der Waals surface area contributed by atoms with Gasteiger partial charge < -0.3 is 14.7 Å². The van der Waals surface area contributed by atoms with Crippen molar-refractivity contribution < 1.29 is 9.84 Å². The maximum Gasteiger partial charge on any atom is 0.124 e. The van der Waals surface area contributed by atoms with Crippen LogP contribution in [0.15, 0.2) is 6.20 Å². The van der Waals surface area contributed by atoms with Crippen LogP contribution < -0.4 is 0 Å². The van der Waals surface area contributed by atoms with Crippen LogP contribution in [0.1, 0.15) is 31.7 Å². The van der Waals surface area contributed by atoms with E-state index in [1.807, 2.05) is 20.9 Å². The van der Waals surface area contributed by atoms with Crippen molar-refractivity contribution in [2.45, 2.75) is 32.1 Å². The van der Waals surface area contributed by atoms with Gasteiger partial charge in [0.25, 0.3) is 0 Å². The lowest BCUT2D eigenvalue weighted by Gasteiger charge is -2.33. The van der Waals surface area contributed by atoms with E-state index in [0.717, 1.165) is 6.54 Å². The predicted octanol–water partition coefficient (Wildman–Crippen LogP) is 1.48.